The Balaban J connectivity index is 3.30. The summed E-state index contributed by atoms with van der Waals surface area (Å²) >= 11 is 5.05. The standard InChI is InChI=1S/C9H13ClO3/c1-2-3-4-7-13-9(12)6-5-8(10)11/h2H,1,3-7H2. The Labute approximate surface area is 82.7 Å². The zero-order valence-corrected chi connectivity index (χ0v) is 8.18. The van der Waals surface area contributed by atoms with Crippen LogP contribution in [0.25, 0.3) is 0 Å². The molecule has 0 saturated carbocycles. The maximum absolute atomic E-state index is 10.9. The van der Waals surface area contributed by atoms with E-state index in [0.29, 0.717) is 6.61 Å². The van der Waals surface area contributed by atoms with Gasteiger partial charge in [0, 0.05) is 6.42 Å². The monoisotopic (exact) mass is 204 g/mol. The van der Waals surface area contributed by atoms with Crippen LogP contribution in [0.4, 0.5) is 0 Å². The lowest BCUT2D eigenvalue weighted by Gasteiger charge is -2.01. The normalized spacial score (nSPS) is 9.31. The van der Waals surface area contributed by atoms with Gasteiger partial charge >= 0.3 is 5.97 Å². The van der Waals surface area contributed by atoms with Gasteiger partial charge in [-0.05, 0) is 24.4 Å². The van der Waals surface area contributed by atoms with Gasteiger partial charge < -0.3 is 4.74 Å². The van der Waals surface area contributed by atoms with Gasteiger partial charge in [-0.3, -0.25) is 9.59 Å². The number of ether oxygens (including phenoxy) is 1. The van der Waals surface area contributed by atoms with Crippen molar-refractivity contribution in [1.82, 2.24) is 0 Å². The molecular weight excluding hydrogens is 192 g/mol. The highest BCUT2D eigenvalue weighted by molar-refractivity contribution is 6.63. The molecular formula is C9H13ClO3. The SMILES string of the molecule is C=CCCCOC(=O)CCC(=O)Cl. The van der Waals surface area contributed by atoms with Gasteiger partial charge in [-0.1, -0.05) is 6.08 Å². The molecule has 4 heteroatoms. The van der Waals surface area contributed by atoms with E-state index in [1.54, 1.807) is 6.08 Å². The van der Waals surface area contributed by atoms with E-state index < -0.39 is 5.24 Å². The first kappa shape index (κ1) is 12.2. The zero-order chi connectivity index (χ0) is 10.1. The van der Waals surface area contributed by atoms with E-state index in [2.05, 4.69) is 6.58 Å². The summed E-state index contributed by atoms with van der Waals surface area (Å²) in [6.07, 6.45) is 3.46. The summed E-state index contributed by atoms with van der Waals surface area (Å²) < 4.78 is 4.80. The average Bonchev–Trinajstić information content (AvgIpc) is 2.09. The van der Waals surface area contributed by atoms with Gasteiger partial charge in [0.2, 0.25) is 5.24 Å². The number of hydrogen-bond acceptors (Lipinski definition) is 3. The van der Waals surface area contributed by atoms with E-state index in [1.807, 2.05) is 0 Å². The molecule has 0 aromatic rings. The van der Waals surface area contributed by atoms with E-state index in [9.17, 15) is 9.59 Å². The Kier molecular flexibility index (Phi) is 7.30. The summed E-state index contributed by atoms with van der Waals surface area (Å²) in [5.74, 6) is -0.377. The first-order chi connectivity index (χ1) is 6.16. The van der Waals surface area contributed by atoms with Crippen LogP contribution in [-0.4, -0.2) is 17.8 Å². The smallest absolute Gasteiger partial charge is 0.306 e. The topological polar surface area (TPSA) is 43.4 Å². The molecule has 0 radical (unpaired) electrons. The predicted octanol–water partition coefficient (Wildman–Crippen LogP) is 2.04. The third-order valence-electron chi connectivity index (χ3n) is 1.34. The number of unbranched alkanes of at least 4 members (excludes halogenated alkanes) is 1. The Morgan fingerprint density at radius 3 is 2.62 bits per heavy atom. The van der Waals surface area contributed by atoms with E-state index in [1.165, 1.54) is 0 Å². The van der Waals surface area contributed by atoms with E-state index >= 15 is 0 Å². The van der Waals surface area contributed by atoms with Crippen LogP contribution in [0.3, 0.4) is 0 Å². The molecule has 0 bridgehead atoms. The summed E-state index contributed by atoms with van der Waals surface area (Å²) in [6.45, 7) is 3.91. The largest absolute Gasteiger partial charge is 0.466 e. The molecule has 3 nitrogen and oxygen atoms in total. The van der Waals surface area contributed by atoms with Gasteiger partial charge in [-0.2, -0.15) is 0 Å². The van der Waals surface area contributed by atoms with Crippen LogP contribution in [0.15, 0.2) is 12.7 Å². The van der Waals surface area contributed by atoms with Gasteiger partial charge in [-0.15, -0.1) is 6.58 Å². The molecule has 0 heterocycles. The number of esters is 1. The highest BCUT2D eigenvalue weighted by atomic mass is 35.5. The predicted molar refractivity (Wildman–Crippen MR) is 50.5 cm³/mol. The zero-order valence-electron chi connectivity index (χ0n) is 7.42. The fourth-order valence-corrected chi connectivity index (χ4v) is 0.781. The molecule has 0 amide bonds. The minimum atomic E-state index is -0.511. The highest BCUT2D eigenvalue weighted by Crippen LogP contribution is 1.98. The van der Waals surface area contributed by atoms with Crippen molar-refractivity contribution in [2.75, 3.05) is 6.61 Å². The van der Waals surface area contributed by atoms with Gasteiger partial charge in [0.05, 0.1) is 13.0 Å². The van der Waals surface area contributed by atoms with Crippen molar-refractivity contribution in [3.8, 4) is 0 Å². The number of hydrogen-bond donors (Lipinski definition) is 0. The second kappa shape index (κ2) is 7.80. The molecule has 13 heavy (non-hydrogen) atoms. The summed E-state index contributed by atoms with van der Waals surface area (Å²) in [5.41, 5.74) is 0. The molecule has 0 aromatic carbocycles. The van der Waals surface area contributed by atoms with Crippen LogP contribution < -0.4 is 0 Å². The number of carbonyl (C=O) groups is 2. The first-order valence-corrected chi connectivity index (χ1v) is 4.49. The Bertz CT molecular complexity index is 189. The summed E-state index contributed by atoms with van der Waals surface area (Å²) in [4.78, 5) is 21.1. The fourth-order valence-electron chi connectivity index (χ4n) is 0.686. The maximum Gasteiger partial charge on any atom is 0.306 e. The van der Waals surface area contributed by atoms with Crippen LogP contribution in [0, 0.1) is 0 Å². The summed E-state index contributed by atoms with van der Waals surface area (Å²) in [6, 6.07) is 0. The van der Waals surface area contributed by atoms with Crippen LogP contribution in [0.1, 0.15) is 25.7 Å². The van der Waals surface area contributed by atoms with Crippen LogP contribution in [0.2, 0.25) is 0 Å². The third kappa shape index (κ3) is 9.08. The maximum atomic E-state index is 10.9. The number of halogens is 1. The van der Waals surface area contributed by atoms with Crippen LogP contribution >= 0.6 is 11.6 Å². The number of carbonyl (C=O) groups excluding carboxylic acids is 2. The Morgan fingerprint density at radius 2 is 2.08 bits per heavy atom. The highest BCUT2D eigenvalue weighted by Gasteiger charge is 2.04. The lowest BCUT2D eigenvalue weighted by Crippen LogP contribution is -2.06. The third-order valence-corrected chi connectivity index (χ3v) is 1.53. The van der Waals surface area contributed by atoms with E-state index in [-0.39, 0.29) is 18.8 Å². The molecule has 0 aliphatic carbocycles. The van der Waals surface area contributed by atoms with Gasteiger partial charge in [0.1, 0.15) is 0 Å². The van der Waals surface area contributed by atoms with E-state index in [0.717, 1.165) is 12.8 Å². The van der Waals surface area contributed by atoms with Crippen molar-refractivity contribution < 1.29 is 14.3 Å². The molecule has 0 spiro atoms. The number of rotatable bonds is 7. The van der Waals surface area contributed by atoms with Crippen molar-refractivity contribution in [3.63, 3.8) is 0 Å². The molecule has 0 rings (SSSR count). The lowest BCUT2D eigenvalue weighted by molar-refractivity contribution is -0.144. The minimum Gasteiger partial charge on any atom is -0.466 e. The number of allylic oxidation sites excluding steroid dienone is 1. The summed E-state index contributed by atoms with van der Waals surface area (Å²) in [7, 11) is 0. The van der Waals surface area contributed by atoms with Gasteiger partial charge in [0.25, 0.3) is 0 Å². The van der Waals surface area contributed by atoms with Crippen molar-refractivity contribution in [2.45, 2.75) is 25.7 Å². The Hall–Kier alpha value is -0.830. The van der Waals surface area contributed by atoms with Crippen molar-refractivity contribution >= 4 is 22.8 Å². The van der Waals surface area contributed by atoms with Crippen molar-refractivity contribution in [3.05, 3.63) is 12.7 Å². The Morgan fingerprint density at radius 1 is 1.38 bits per heavy atom. The molecule has 0 N–H and O–H groups in total. The van der Waals surface area contributed by atoms with Crippen molar-refractivity contribution in [1.29, 1.82) is 0 Å². The second-order valence-corrected chi connectivity index (χ2v) is 2.93. The second-order valence-electron chi connectivity index (χ2n) is 2.51. The molecule has 0 aromatic heterocycles. The fraction of sp³-hybridized carbons (Fsp3) is 0.556. The first-order valence-electron chi connectivity index (χ1n) is 4.11. The van der Waals surface area contributed by atoms with Crippen LogP contribution in [-0.2, 0) is 14.3 Å². The lowest BCUT2D eigenvalue weighted by atomic mass is 10.3. The van der Waals surface area contributed by atoms with E-state index in [4.69, 9.17) is 16.3 Å². The average molecular weight is 205 g/mol. The molecule has 0 aliphatic heterocycles. The molecule has 0 unspecified atom stereocenters. The summed E-state index contributed by atoms with van der Waals surface area (Å²) in [5, 5.41) is -0.511. The molecule has 0 aliphatic rings. The van der Waals surface area contributed by atoms with Gasteiger partial charge in [-0.25, -0.2) is 0 Å². The molecule has 0 fully saturated rings. The van der Waals surface area contributed by atoms with Gasteiger partial charge in [0.15, 0.2) is 0 Å². The van der Waals surface area contributed by atoms with Crippen molar-refractivity contribution in [2.24, 2.45) is 0 Å². The van der Waals surface area contributed by atoms with Crippen LogP contribution in [0.5, 0.6) is 0 Å². The molecule has 0 atom stereocenters. The quantitative estimate of drug-likeness (QED) is 0.276. The minimum absolute atomic E-state index is 0.0435. The molecule has 0 saturated heterocycles. The molecule has 74 valence electrons.